The number of fused-ring (bicyclic) bond motifs is 1. The summed E-state index contributed by atoms with van der Waals surface area (Å²) < 4.78 is 0. The third kappa shape index (κ3) is 3.93. The van der Waals surface area contributed by atoms with E-state index in [2.05, 4.69) is 10.6 Å². The van der Waals surface area contributed by atoms with E-state index in [1.807, 2.05) is 55.5 Å². The van der Waals surface area contributed by atoms with Gasteiger partial charge in [0.15, 0.2) is 0 Å². The Morgan fingerprint density at radius 3 is 2.78 bits per heavy atom. The average Bonchev–Trinajstić information content (AvgIpc) is 2.55. The lowest BCUT2D eigenvalue weighted by atomic mass is 10.2. The van der Waals surface area contributed by atoms with Gasteiger partial charge in [0.05, 0.1) is 10.9 Å². The third-order valence-corrected chi connectivity index (χ3v) is 4.92. The lowest BCUT2D eigenvalue weighted by Crippen LogP contribution is -2.34. The topological polar surface area (TPSA) is 58.2 Å². The second-order valence-electron chi connectivity index (χ2n) is 5.56. The highest BCUT2D eigenvalue weighted by Gasteiger charge is 2.28. The molecule has 0 radical (unpaired) electrons. The summed E-state index contributed by atoms with van der Waals surface area (Å²) in [6.45, 7) is 2.49. The van der Waals surface area contributed by atoms with Gasteiger partial charge in [0.2, 0.25) is 11.8 Å². The van der Waals surface area contributed by atoms with Crippen molar-refractivity contribution in [3.05, 3.63) is 59.7 Å². The number of carbonyl (C=O) groups is 2. The molecule has 0 fully saturated rings. The van der Waals surface area contributed by atoms with E-state index in [9.17, 15) is 9.59 Å². The number of rotatable bonds is 4. The molecule has 0 aliphatic carbocycles. The molecule has 118 valence electrons. The van der Waals surface area contributed by atoms with Gasteiger partial charge in [-0.05, 0) is 30.2 Å². The number of aryl methyl sites for hydroxylation is 1. The molecule has 1 unspecified atom stereocenters. The van der Waals surface area contributed by atoms with Gasteiger partial charge in [-0.1, -0.05) is 36.4 Å². The Labute approximate surface area is 139 Å². The van der Waals surface area contributed by atoms with E-state index in [1.54, 1.807) is 0 Å². The number of amides is 2. The summed E-state index contributed by atoms with van der Waals surface area (Å²) in [6, 6.07) is 15.6. The summed E-state index contributed by atoms with van der Waals surface area (Å²) in [4.78, 5) is 25.3. The Hall–Kier alpha value is -2.27. The van der Waals surface area contributed by atoms with Crippen LogP contribution in [0, 0.1) is 6.92 Å². The Balaban J connectivity index is 1.59. The van der Waals surface area contributed by atoms with E-state index in [4.69, 9.17) is 0 Å². The van der Waals surface area contributed by atoms with E-state index in [0.717, 1.165) is 21.7 Å². The van der Waals surface area contributed by atoms with Gasteiger partial charge < -0.3 is 10.6 Å². The summed E-state index contributed by atoms with van der Waals surface area (Å²) in [6.07, 6.45) is 0.177. The standard InChI is InChI=1S/C18H18N2O2S/c1-12-7-8-14-15(9-12)23-16(18(22)20-14)10-17(21)19-11-13-5-3-2-4-6-13/h2-9,16H,10-11H2,1H3,(H,19,21)(H,20,22). The molecule has 2 N–H and O–H groups in total. The first kappa shape index (κ1) is 15.6. The van der Waals surface area contributed by atoms with Crippen LogP contribution in [-0.2, 0) is 16.1 Å². The minimum absolute atomic E-state index is 0.110. The third-order valence-electron chi connectivity index (χ3n) is 3.66. The van der Waals surface area contributed by atoms with Gasteiger partial charge in [0, 0.05) is 17.9 Å². The van der Waals surface area contributed by atoms with E-state index in [0.29, 0.717) is 6.54 Å². The number of carbonyl (C=O) groups excluding carboxylic acids is 2. The number of benzene rings is 2. The number of anilines is 1. The van der Waals surface area contributed by atoms with Crippen molar-refractivity contribution in [2.45, 2.75) is 30.0 Å². The number of hydrogen-bond donors (Lipinski definition) is 2. The molecular weight excluding hydrogens is 308 g/mol. The van der Waals surface area contributed by atoms with E-state index in [1.165, 1.54) is 11.8 Å². The summed E-state index contributed by atoms with van der Waals surface area (Å²) in [5, 5.41) is 5.36. The molecular formula is C18H18N2O2S. The Bertz CT molecular complexity index is 731. The summed E-state index contributed by atoms with van der Waals surface area (Å²) in [7, 11) is 0. The molecule has 0 saturated carbocycles. The Kier molecular flexibility index (Phi) is 4.67. The van der Waals surface area contributed by atoms with E-state index < -0.39 is 0 Å². The monoisotopic (exact) mass is 326 g/mol. The zero-order valence-electron chi connectivity index (χ0n) is 12.8. The molecule has 2 aromatic rings. The van der Waals surface area contributed by atoms with Gasteiger partial charge >= 0.3 is 0 Å². The normalized spacial score (nSPS) is 16.4. The molecule has 0 bridgehead atoms. The van der Waals surface area contributed by atoms with Crippen molar-refractivity contribution in [3.8, 4) is 0 Å². The van der Waals surface area contributed by atoms with E-state index in [-0.39, 0.29) is 23.5 Å². The largest absolute Gasteiger partial charge is 0.352 e. The van der Waals surface area contributed by atoms with Crippen molar-refractivity contribution in [1.29, 1.82) is 0 Å². The van der Waals surface area contributed by atoms with Gasteiger partial charge in [-0.2, -0.15) is 0 Å². The summed E-state index contributed by atoms with van der Waals surface area (Å²) in [5.74, 6) is -0.223. The lowest BCUT2D eigenvalue weighted by Gasteiger charge is -2.24. The first-order valence-corrected chi connectivity index (χ1v) is 8.38. The fourth-order valence-corrected chi connectivity index (χ4v) is 3.63. The first-order valence-electron chi connectivity index (χ1n) is 7.50. The molecule has 0 aromatic heterocycles. The fourth-order valence-electron chi connectivity index (χ4n) is 2.42. The molecule has 23 heavy (non-hydrogen) atoms. The predicted molar refractivity (Wildman–Crippen MR) is 92.4 cm³/mol. The van der Waals surface area contributed by atoms with Crippen LogP contribution >= 0.6 is 11.8 Å². The molecule has 1 atom stereocenters. The highest BCUT2D eigenvalue weighted by molar-refractivity contribution is 8.01. The van der Waals surface area contributed by atoms with Gasteiger partial charge in [-0.15, -0.1) is 11.8 Å². The lowest BCUT2D eigenvalue weighted by molar-refractivity contribution is -0.124. The van der Waals surface area contributed by atoms with Crippen molar-refractivity contribution in [1.82, 2.24) is 5.32 Å². The molecule has 2 amide bonds. The molecule has 0 spiro atoms. The van der Waals surface area contributed by atoms with Crippen LogP contribution in [-0.4, -0.2) is 17.1 Å². The maximum Gasteiger partial charge on any atom is 0.238 e. The van der Waals surface area contributed by atoms with Crippen LogP contribution in [0.3, 0.4) is 0 Å². The molecule has 1 aliphatic rings. The van der Waals surface area contributed by atoms with Gasteiger partial charge in [-0.25, -0.2) is 0 Å². The van der Waals surface area contributed by atoms with Gasteiger partial charge in [0.1, 0.15) is 0 Å². The molecule has 1 aliphatic heterocycles. The second-order valence-corrected chi connectivity index (χ2v) is 6.81. The molecule has 5 heteroatoms. The van der Waals surface area contributed by atoms with Crippen LogP contribution in [0.1, 0.15) is 17.5 Å². The molecule has 3 rings (SSSR count). The minimum atomic E-state index is -0.389. The van der Waals surface area contributed by atoms with Crippen LogP contribution in [0.15, 0.2) is 53.4 Å². The second kappa shape index (κ2) is 6.87. The van der Waals surface area contributed by atoms with Crippen LogP contribution in [0.25, 0.3) is 0 Å². The van der Waals surface area contributed by atoms with Crippen LogP contribution in [0.4, 0.5) is 5.69 Å². The number of nitrogens with one attached hydrogen (secondary N) is 2. The Morgan fingerprint density at radius 2 is 2.00 bits per heavy atom. The molecule has 4 nitrogen and oxygen atoms in total. The molecule has 2 aromatic carbocycles. The quantitative estimate of drug-likeness (QED) is 0.907. The van der Waals surface area contributed by atoms with Crippen molar-refractivity contribution in [2.75, 3.05) is 5.32 Å². The molecule has 1 heterocycles. The fraction of sp³-hybridized carbons (Fsp3) is 0.222. The van der Waals surface area contributed by atoms with Crippen molar-refractivity contribution in [3.63, 3.8) is 0 Å². The van der Waals surface area contributed by atoms with Gasteiger partial charge in [0.25, 0.3) is 0 Å². The van der Waals surface area contributed by atoms with E-state index >= 15 is 0 Å². The van der Waals surface area contributed by atoms with Crippen molar-refractivity contribution < 1.29 is 9.59 Å². The number of thioether (sulfide) groups is 1. The van der Waals surface area contributed by atoms with Crippen molar-refractivity contribution >= 4 is 29.3 Å². The summed E-state index contributed by atoms with van der Waals surface area (Å²) >= 11 is 1.46. The highest BCUT2D eigenvalue weighted by atomic mass is 32.2. The van der Waals surface area contributed by atoms with Crippen LogP contribution in [0.2, 0.25) is 0 Å². The highest BCUT2D eigenvalue weighted by Crippen LogP contribution is 2.37. The minimum Gasteiger partial charge on any atom is -0.352 e. The number of hydrogen-bond acceptors (Lipinski definition) is 3. The van der Waals surface area contributed by atoms with Crippen LogP contribution < -0.4 is 10.6 Å². The molecule has 0 saturated heterocycles. The summed E-state index contributed by atoms with van der Waals surface area (Å²) in [5.41, 5.74) is 3.01. The maximum atomic E-state index is 12.1. The van der Waals surface area contributed by atoms with Crippen LogP contribution in [0.5, 0.6) is 0 Å². The zero-order valence-corrected chi connectivity index (χ0v) is 13.7. The van der Waals surface area contributed by atoms with Crippen molar-refractivity contribution in [2.24, 2.45) is 0 Å². The zero-order chi connectivity index (χ0) is 16.2. The first-order chi connectivity index (χ1) is 11.1. The van der Waals surface area contributed by atoms with Gasteiger partial charge in [-0.3, -0.25) is 9.59 Å². The smallest absolute Gasteiger partial charge is 0.238 e. The predicted octanol–water partition coefficient (Wildman–Crippen LogP) is 3.11. The maximum absolute atomic E-state index is 12.1. The Morgan fingerprint density at radius 1 is 1.22 bits per heavy atom. The SMILES string of the molecule is Cc1ccc2c(c1)SC(CC(=O)NCc1ccccc1)C(=O)N2. The average molecular weight is 326 g/mol.